The molecule has 2 N–H and O–H groups in total. The minimum Gasteiger partial charge on any atom is -0.458 e. The molecular weight excluding hydrogens is 424 g/mol. The topological polar surface area (TPSA) is 105 Å². The second-order valence-corrected chi connectivity index (χ2v) is 11.3. The fourth-order valence-electron chi connectivity index (χ4n) is 4.22. The molecule has 2 amide bonds. The van der Waals surface area contributed by atoms with Gasteiger partial charge in [-0.1, -0.05) is 26.0 Å². The number of ether oxygens (including phenoxy) is 2. The van der Waals surface area contributed by atoms with Crippen LogP contribution in [0.1, 0.15) is 82.1 Å². The van der Waals surface area contributed by atoms with Crippen LogP contribution in [-0.4, -0.2) is 63.4 Å². The van der Waals surface area contributed by atoms with E-state index in [1.165, 1.54) is 11.8 Å². The quantitative estimate of drug-likeness (QED) is 0.435. The molecule has 0 saturated carbocycles. The first-order valence-corrected chi connectivity index (χ1v) is 11.8. The van der Waals surface area contributed by atoms with E-state index in [1.54, 1.807) is 41.5 Å². The Morgan fingerprint density at radius 2 is 1.64 bits per heavy atom. The Labute approximate surface area is 199 Å². The first-order valence-electron chi connectivity index (χ1n) is 11.8. The lowest BCUT2D eigenvalue weighted by Crippen LogP contribution is -2.60. The van der Waals surface area contributed by atoms with Gasteiger partial charge < -0.3 is 19.9 Å². The third kappa shape index (κ3) is 8.99. The van der Waals surface area contributed by atoms with Crippen molar-refractivity contribution in [2.24, 2.45) is 11.8 Å². The largest absolute Gasteiger partial charge is 0.458 e. The summed E-state index contributed by atoms with van der Waals surface area (Å²) >= 11 is 0. The van der Waals surface area contributed by atoms with Gasteiger partial charge in [-0.3, -0.25) is 9.69 Å². The number of aliphatic hydroxyl groups excluding tert-OH is 1. The fraction of sp³-hybridized carbons (Fsp3) is 0.800. The van der Waals surface area contributed by atoms with Crippen molar-refractivity contribution in [1.82, 2.24) is 10.2 Å². The van der Waals surface area contributed by atoms with Crippen LogP contribution in [0.4, 0.5) is 4.79 Å². The zero-order chi connectivity index (χ0) is 25.7. The number of carbonyl (C=O) groups excluding carboxylic acids is 3. The van der Waals surface area contributed by atoms with Gasteiger partial charge in [-0.15, -0.1) is 0 Å². The van der Waals surface area contributed by atoms with Crippen LogP contribution < -0.4 is 5.32 Å². The highest BCUT2D eigenvalue weighted by molar-refractivity contribution is 5.83. The Bertz CT molecular complexity index is 719. The van der Waals surface area contributed by atoms with Crippen molar-refractivity contribution >= 4 is 18.0 Å². The van der Waals surface area contributed by atoms with Gasteiger partial charge in [0.1, 0.15) is 17.2 Å². The number of amides is 2. The number of rotatable bonds is 7. The zero-order valence-corrected chi connectivity index (χ0v) is 22.0. The molecule has 0 aliphatic carbocycles. The molecule has 0 bridgehead atoms. The van der Waals surface area contributed by atoms with Crippen molar-refractivity contribution in [3.05, 3.63) is 12.2 Å². The summed E-state index contributed by atoms with van der Waals surface area (Å²) in [6.07, 6.45) is 2.87. The molecule has 0 aromatic carbocycles. The molecule has 0 radical (unpaired) electrons. The van der Waals surface area contributed by atoms with E-state index in [4.69, 9.17) is 9.47 Å². The summed E-state index contributed by atoms with van der Waals surface area (Å²) < 4.78 is 11.3. The smallest absolute Gasteiger partial charge is 0.411 e. The monoisotopic (exact) mass is 468 g/mol. The Balaban J connectivity index is 3.58. The van der Waals surface area contributed by atoms with Gasteiger partial charge in [-0.2, -0.15) is 0 Å². The van der Waals surface area contributed by atoms with Gasteiger partial charge in [0, 0.05) is 12.8 Å². The molecule has 1 fully saturated rings. The molecule has 0 spiro atoms. The van der Waals surface area contributed by atoms with Gasteiger partial charge in [-0.25, -0.2) is 9.59 Å². The average Bonchev–Trinajstić information content (AvgIpc) is 2.95. The van der Waals surface area contributed by atoms with Crippen LogP contribution in [0.3, 0.4) is 0 Å². The molecule has 5 atom stereocenters. The fourth-order valence-corrected chi connectivity index (χ4v) is 4.22. The Hall–Kier alpha value is -2.09. The lowest BCUT2D eigenvalue weighted by Gasteiger charge is -2.39. The van der Waals surface area contributed by atoms with Crippen LogP contribution in [0, 0.1) is 11.8 Å². The SMILES string of the molecule is C/C=C\[C@@H]1C[C@H](C(=O)OC(C)(C)C)N(C(=O)OC(C)(C)C)[C@H]1[C@@H](NC(C)=O)[C@H](O)CC(C)C. The standard InChI is InChI=1S/C25H44N2O6/c1-11-12-17-14-18(22(30)32-24(5,6)7)27(23(31)33-25(8,9)10)21(17)20(26-16(4)28)19(29)13-15(2)3/h11-12,15,17-21,29H,13-14H2,1-10H3,(H,26,28)/b12-11-/t17-,18-,19-,20+,21-/m1/s1. The molecule has 0 unspecified atom stereocenters. The third-order valence-corrected chi connectivity index (χ3v) is 5.18. The number of hydrogen-bond donors (Lipinski definition) is 2. The molecule has 1 saturated heterocycles. The second kappa shape index (κ2) is 11.4. The maximum Gasteiger partial charge on any atom is 0.411 e. The van der Waals surface area contributed by atoms with Crippen molar-refractivity contribution in [2.45, 2.75) is 118 Å². The van der Waals surface area contributed by atoms with Gasteiger partial charge in [0.25, 0.3) is 0 Å². The molecule has 33 heavy (non-hydrogen) atoms. The molecule has 1 heterocycles. The minimum atomic E-state index is -0.922. The van der Waals surface area contributed by atoms with Crippen LogP contribution >= 0.6 is 0 Å². The summed E-state index contributed by atoms with van der Waals surface area (Å²) in [5.74, 6) is -0.995. The Morgan fingerprint density at radius 1 is 1.09 bits per heavy atom. The highest BCUT2D eigenvalue weighted by atomic mass is 16.6. The van der Waals surface area contributed by atoms with E-state index in [2.05, 4.69) is 5.32 Å². The zero-order valence-electron chi connectivity index (χ0n) is 22.0. The summed E-state index contributed by atoms with van der Waals surface area (Å²) in [6, 6.07) is -2.38. The van der Waals surface area contributed by atoms with Crippen LogP contribution in [0.5, 0.6) is 0 Å². The van der Waals surface area contributed by atoms with E-state index in [1.807, 2.05) is 32.9 Å². The summed E-state index contributed by atoms with van der Waals surface area (Å²) in [4.78, 5) is 40.1. The average molecular weight is 469 g/mol. The van der Waals surface area contributed by atoms with Crippen LogP contribution in [0.25, 0.3) is 0 Å². The summed E-state index contributed by atoms with van der Waals surface area (Å²) in [5.41, 5.74) is -1.53. The number of esters is 1. The number of nitrogens with zero attached hydrogens (tertiary/aromatic N) is 1. The van der Waals surface area contributed by atoms with Crippen molar-refractivity contribution in [3.8, 4) is 0 Å². The van der Waals surface area contributed by atoms with Crippen molar-refractivity contribution in [1.29, 1.82) is 0 Å². The molecule has 1 aliphatic heterocycles. The molecular formula is C25H44N2O6. The maximum atomic E-state index is 13.4. The maximum absolute atomic E-state index is 13.4. The molecule has 0 aromatic heterocycles. The lowest BCUT2D eigenvalue weighted by atomic mass is 9.87. The molecule has 190 valence electrons. The normalized spacial score (nSPS) is 23.5. The molecule has 0 aromatic rings. The van der Waals surface area contributed by atoms with Gasteiger partial charge in [0.05, 0.1) is 18.2 Å². The van der Waals surface area contributed by atoms with E-state index >= 15 is 0 Å². The minimum absolute atomic E-state index is 0.162. The highest BCUT2D eigenvalue weighted by Crippen LogP contribution is 2.37. The predicted molar refractivity (Wildman–Crippen MR) is 127 cm³/mol. The van der Waals surface area contributed by atoms with Gasteiger partial charge in [0.2, 0.25) is 5.91 Å². The summed E-state index contributed by atoms with van der Waals surface area (Å²) in [6.45, 7) is 17.7. The van der Waals surface area contributed by atoms with E-state index in [-0.39, 0.29) is 17.7 Å². The highest BCUT2D eigenvalue weighted by Gasteiger charge is 2.53. The lowest BCUT2D eigenvalue weighted by molar-refractivity contribution is -0.160. The van der Waals surface area contributed by atoms with E-state index in [0.717, 1.165) is 0 Å². The van der Waals surface area contributed by atoms with Crippen molar-refractivity contribution in [2.75, 3.05) is 0 Å². The number of likely N-dealkylation sites (tertiary alicyclic amines) is 1. The molecule has 8 nitrogen and oxygen atoms in total. The molecule has 1 rings (SSSR count). The molecule has 1 aliphatic rings. The first-order chi connectivity index (χ1) is 15.0. The number of nitrogens with one attached hydrogen (secondary N) is 1. The van der Waals surface area contributed by atoms with Gasteiger partial charge in [0.15, 0.2) is 0 Å². The summed E-state index contributed by atoms with van der Waals surface area (Å²) in [5, 5.41) is 13.9. The number of aliphatic hydroxyl groups is 1. The molecule has 8 heteroatoms. The van der Waals surface area contributed by atoms with E-state index in [9.17, 15) is 19.5 Å². The van der Waals surface area contributed by atoms with Gasteiger partial charge >= 0.3 is 12.1 Å². The number of carbonyl (C=O) groups is 3. The Kier molecular flexibility index (Phi) is 9.96. The first kappa shape index (κ1) is 28.9. The van der Waals surface area contributed by atoms with E-state index < -0.39 is 47.5 Å². The van der Waals surface area contributed by atoms with Crippen LogP contribution in [-0.2, 0) is 19.1 Å². The van der Waals surface area contributed by atoms with Gasteiger partial charge in [-0.05, 0) is 67.2 Å². The van der Waals surface area contributed by atoms with Crippen LogP contribution in [0.2, 0.25) is 0 Å². The number of hydrogen-bond acceptors (Lipinski definition) is 6. The predicted octanol–water partition coefficient (Wildman–Crippen LogP) is 3.81. The van der Waals surface area contributed by atoms with Crippen molar-refractivity contribution < 1.29 is 29.0 Å². The summed E-state index contributed by atoms with van der Waals surface area (Å²) in [7, 11) is 0. The third-order valence-electron chi connectivity index (χ3n) is 5.18. The van der Waals surface area contributed by atoms with Crippen molar-refractivity contribution in [3.63, 3.8) is 0 Å². The second-order valence-electron chi connectivity index (χ2n) is 11.3. The number of allylic oxidation sites excluding steroid dienone is 1. The van der Waals surface area contributed by atoms with Crippen LogP contribution in [0.15, 0.2) is 12.2 Å². The Morgan fingerprint density at radius 3 is 2.06 bits per heavy atom. The van der Waals surface area contributed by atoms with E-state index in [0.29, 0.717) is 12.8 Å².